The number of benzene rings is 4. The van der Waals surface area contributed by atoms with Crippen LogP contribution in [0.4, 0.5) is 32.0 Å². The Labute approximate surface area is 324 Å². The normalized spacial score (nSPS) is 13.7. The van der Waals surface area contributed by atoms with Gasteiger partial charge < -0.3 is 14.0 Å². The highest BCUT2D eigenvalue weighted by atomic mass is 32.2. The van der Waals surface area contributed by atoms with Crippen LogP contribution >= 0.6 is 0 Å². The minimum absolute atomic E-state index is 1.01. The topological polar surface area (TPSA) is 125 Å². The number of hydrogen-bond acceptors (Lipinski definition) is 7. The van der Waals surface area contributed by atoms with Crippen LogP contribution in [-0.2, 0) is 46.2 Å². The first-order chi connectivity index (χ1) is 26.6. The van der Waals surface area contributed by atoms with E-state index in [1.807, 2.05) is 0 Å². The van der Waals surface area contributed by atoms with Gasteiger partial charge in [-0.2, -0.15) is 35.5 Å². The monoisotopic (exact) mass is 829 g/mol. The number of halogens is 6. The van der Waals surface area contributed by atoms with Gasteiger partial charge in [-0.1, -0.05) is 60.7 Å². The molecule has 2 aromatic heterocycles. The molecule has 0 aliphatic carbocycles. The Kier molecular flexibility index (Phi) is 11.2. The smallest absolute Gasteiger partial charge is 0.485 e. The summed E-state index contributed by atoms with van der Waals surface area (Å²) in [6.45, 7) is 2.04. The van der Waals surface area contributed by atoms with Gasteiger partial charge in [-0.3, -0.25) is 0 Å². The fraction of sp³-hybridized carbons (Fsp3) is 0.200. The van der Waals surface area contributed by atoms with Crippen LogP contribution in [0.25, 0.3) is 56.2 Å². The van der Waals surface area contributed by atoms with Crippen molar-refractivity contribution in [3.05, 3.63) is 126 Å². The van der Waals surface area contributed by atoms with Crippen LogP contribution in [0.3, 0.4) is 0 Å². The standard InChI is InChI=1S/C38H33N3.2CHF3O3S/c1-39(2)33-14-13-31-23-26(9-10-32(31)25-33)7-8-27-15-19-40-20-17-29-11-12-30-18-22-41-21-16-28-5-3-4-6-34(28)38(41)37(30)36(29)35(40)24-27;2*2-1(3,4)8(5,6)7/h3-16,19,21,23-25H,17-18,20,22H2,1-2H3;2*(H,5,6,7)/q+2;;/p-2. The largest absolute Gasteiger partial charge is 0.741 e. The van der Waals surface area contributed by atoms with Crippen molar-refractivity contribution < 1.29 is 61.4 Å². The highest BCUT2D eigenvalue weighted by Crippen LogP contribution is 2.41. The highest BCUT2D eigenvalue weighted by Gasteiger charge is 2.38. The average Bonchev–Trinajstić information content (AvgIpc) is 3.15. The summed E-state index contributed by atoms with van der Waals surface area (Å²) in [4.78, 5) is 2.15. The van der Waals surface area contributed by atoms with E-state index in [1.54, 1.807) is 0 Å². The second-order valence-corrected chi connectivity index (χ2v) is 16.2. The molecule has 0 radical (unpaired) electrons. The van der Waals surface area contributed by atoms with Gasteiger partial charge in [0.25, 0.3) is 0 Å². The zero-order valence-corrected chi connectivity index (χ0v) is 31.8. The fourth-order valence-corrected chi connectivity index (χ4v) is 6.76. The van der Waals surface area contributed by atoms with Crippen molar-refractivity contribution in [2.45, 2.75) is 36.9 Å². The van der Waals surface area contributed by atoms with Crippen molar-refractivity contribution in [1.82, 2.24) is 0 Å². The summed E-state index contributed by atoms with van der Waals surface area (Å²) in [5.41, 5.74) is 0.819. The molecule has 0 N–H and O–H groups in total. The number of fused-ring (bicyclic) bond motifs is 10. The van der Waals surface area contributed by atoms with Crippen molar-refractivity contribution in [2.24, 2.45) is 0 Å². The molecule has 0 fully saturated rings. The van der Waals surface area contributed by atoms with E-state index in [0.29, 0.717) is 0 Å². The SMILES string of the molecule is CN(C)c1ccc2cc(/C=C/c3cc[n+]4c(c3)-c3c(ccc5c3-c3c6ccccc6cc[n+]3CC5)CC4)ccc2c1.O=S(=O)([O-])C(F)(F)F.O=S(=O)([O-])C(F)(F)F. The van der Waals surface area contributed by atoms with Crippen LogP contribution in [0.2, 0.25) is 0 Å². The van der Waals surface area contributed by atoms with Gasteiger partial charge in [0, 0.05) is 50.8 Å². The van der Waals surface area contributed by atoms with Gasteiger partial charge in [0.1, 0.15) is 0 Å². The maximum Gasteiger partial charge on any atom is 0.485 e. The van der Waals surface area contributed by atoms with Gasteiger partial charge in [0.15, 0.2) is 45.7 Å². The van der Waals surface area contributed by atoms with Crippen molar-refractivity contribution in [2.75, 3.05) is 19.0 Å². The first-order valence-electron chi connectivity index (χ1n) is 17.2. The first-order valence-corrected chi connectivity index (χ1v) is 20.0. The molecule has 4 aromatic carbocycles. The molecule has 0 bridgehead atoms. The van der Waals surface area contributed by atoms with E-state index in [-0.39, 0.29) is 0 Å². The molecule has 8 rings (SSSR count). The molecule has 2 aliphatic rings. The van der Waals surface area contributed by atoms with E-state index in [0.717, 1.165) is 25.9 Å². The van der Waals surface area contributed by atoms with Crippen molar-refractivity contribution in [3.63, 3.8) is 0 Å². The Morgan fingerprint density at radius 2 is 1.14 bits per heavy atom. The van der Waals surface area contributed by atoms with Gasteiger partial charge in [0.05, 0.1) is 16.5 Å². The van der Waals surface area contributed by atoms with Gasteiger partial charge in [-0.25, -0.2) is 16.8 Å². The molecule has 2 aliphatic heterocycles. The molecule has 0 amide bonds. The maximum absolute atomic E-state index is 10.7. The Morgan fingerprint density at radius 3 is 1.75 bits per heavy atom. The molecular formula is C40H33F6N3O6S2. The second kappa shape index (κ2) is 15.5. The van der Waals surface area contributed by atoms with E-state index in [2.05, 4.69) is 144 Å². The number of anilines is 1. The van der Waals surface area contributed by atoms with Crippen LogP contribution in [0, 0.1) is 0 Å². The lowest BCUT2D eigenvalue weighted by atomic mass is 9.83. The molecule has 9 nitrogen and oxygen atoms in total. The number of nitrogens with zero attached hydrogens (tertiary/aromatic N) is 3. The molecule has 0 spiro atoms. The molecule has 4 heterocycles. The molecule has 6 aromatic rings. The summed E-state index contributed by atoms with van der Waals surface area (Å²) in [5.74, 6) is 0. The number of rotatable bonds is 3. The summed E-state index contributed by atoms with van der Waals surface area (Å²) in [6.07, 6.45) is 11.2. The fourth-order valence-electron chi connectivity index (χ4n) is 6.76. The lowest BCUT2D eigenvalue weighted by Crippen LogP contribution is -2.43. The predicted octanol–water partition coefficient (Wildman–Crippen LogP) is 7.35. The summed E-state index contributed by atoms with van der Waals surface area (Å²) in [6, 6.07) is 33.9. The first kappa shape index (κ1) is 41.3. The molecular weight excluding hydrogens is 797 g/mol. The molecule has 0 saturated heterocycles. The number of aryl methyl sites for hydroxylation is 4. The van der Waals surface area contributed by atoms with Crippen molar-refractivity contribution in [3.8, 4) is 22.5 Å². The van der Waals surface area contributed by atoms with Crippen LogP contribution in [0.15, 0.2) is 103 Å². The summed E-state index contributed by atoms with van der Waals surface area (Å²) in [5, 5.41) is 5.18. The van der Waals surface area contributed by atoms with E-state index in [4.69, 9.17) is 25.9 Å². The minimum atomic E-state index is -6.09. The second-order valence-electron chi connectivity index (χ2n) is 13.4. The molecule has 0 atom stereocenters. The van der Waals surface area contributed by atoms with Crippen LogP contribution < -0.4 is 14.0 Å². The lowest BCUT2D eigenvalue weighted by Gasteiger charge is -2.23. The predicted molar refractivity (Wildman–Crippen MR) is 201 cm³/mol. The zero-order chi connectivity index (χ0) is 41.5. The Morgan fingerprint density at radius 1 is 0.614 bits per heavy atom. The molecule has 0 saturated carbocycles. The summed E-state index contributed by atoms with van der Waals surface area (Å²) < 4.78 is 123. The van der Waals surface area contributed by atoms with E-state index < -0.39 is 31.3 Å². The molecule has 298 valence electrons. The maximum atomic E-state index is 10.7. The third kappa shape index (κ3) is 8.96. The Bertz CT molecular complexity index is 2730. The van der Waals surface area contributed by atoms with Gasteiger partial charge in [0.2, 0.25) is 11.4 Å². The number of hydrogen-bond donors (Lipinski definition) is 0. The van der Waals surface area contributed by atoms with Crippen molar-refractivity contribution >= 4 is 59.6 Å². The summed E-state index contributed by atoms with van der Waals surface area (Å²) >= 11 is 0. The number of alkyl halides is 6. The van der Waals surface area contributed by atoms with E-state index in [1.165, 1.54) is 72.0 Å². The highest BCUT2D eigenvalue weighted by molar-refractivity contribution is 7.86. The summed E-state index contributed by atoms with van der Waals surface area (Å²) in [7, 11) is -8.01. The molecule has 17 heteroatoms. The molecule has 0 unspecified atom stereocenters. The van der Waals surface area contributed by atoms with Gasteiger partial charge >= 0.3 is 11.0 Å². The van der Waals surface area contributed by atoms with E-state index in [9.17, 15) is 26.3 Å². The molecule has 57 heavy (non-hydrogen) atoms. The Balaban J connectivity index is 0.000000291. The number of pyridine rings is 2. The van der Waals surface area contributed by atoms with E-state index >= 15 is 0 Å². The van der Waals surface area contributed by atoms with Crippen molar-refractivity contribution in [1.29, 1.82) is 0 Å². The van der Waals surface area contributed by atoms with Crippen LogP contribution in [0.1, 0.15) is 22.3 Å². The van der Waals surface area contributed by atoms with Crippen LogP contribution in [0.5, 0.6) is 0 Å². The van der Waals surface area contributed by atoms with Gasteiger partial charge in [-0.15, -0.1) is 0 Å². The lowest BCUT2D eigenvalue weighted by molar-refractivity contribution is -0.689. The number of aromatic nitrogens is 2. The third-order valence-electron chi connectivity index (χ3n) is 9.51. The Hall–Kier alpha value is -5.36. The van der Waals surface area contributed by atoms with Crippen LogP contribution in [-0.4, -0.2) is 51.1 Å². The quantitative estimate of drug-likeness (QED) is 0.0791. The minimum Gasteiger partial charge on any atom is -0.741 e. The third-order valence-corrected chi connectivity index (χ3v) is 10.6. The van der Waals surface area contributed by atoms with Gasteiger partial charge in [-0.05, 0) is 62.7 Å². The zero-order valence-electron chi connectivity index (χ0n) is 30.2. The average molecular weight is 830 g/mol.